The first-order valence-electron chi connectivity index (χ1n) is 7.61. The number of ketones is 1. The van der Waals surface area contributed by atoms with Gasteiger partial charge in [-0.05, 0) is 35.9 Å². The second-order valence-corrected chi connectivity index (χ2v) is 6.67. The Morgan fingerprint density at radius 2 is 2.00 bits per heavy atom. The van der Waals surface area contributed by atoms with E-state index in [4.69, 9.17) is 4.74 Å². The number of anilines is 1. The maximum absolute atomic E-state index is 12.3. The lowest BCUT2D eigenvalue weighted by Gasteiger charge is -2.19. The number of methoxy groups -OCH3 is 1. The van der Waals surface area contributed by atoms with Gasteiger partial charge in [0.2, 0.25) is 0 Å². The number of rotatable bonds is 5. The summed E-state index contributed by atoms with van der Waals surface area (Å²) in [4.78, 5) is 24.4. The molecular formula is C19H16BrNO4. The van der Waals surface area contributed by atoms with Gasteiger partial charge in [0.1, 0.15) is 5.75 Å². The molecule has 5 nitrogen and oxygen atoms in total. The normalized spacial score (nSPS) is 18.9. The first-order chi connectivity index (χ1) is 11.9. The summed E-state index contributed by atoms with van der Waals surface area (Å²) in [6.45, 7) is 0. The molecule has 1 amide bonds. The lowest BCUT2D eigenvalue weighted by atomic mass is 9.90. The fraction of sp³-hybridized carbons (Fsp3) is 0.158. The number of nitrogens with one attached hydrogen (secondary N) is 1. The molecule has 1 unspecified atom stereocenters. The largest absolute Gasteiger partial charge is 0.497 e. The predicted molar refractivity (Wildman–Crippen MR) is 98.3 cm³/mol. The molecule has 2 aromatic carbocycles. The summed E-state index contributed by atoms with van der Waals surface area (Å²) in [7, 11) is 1.58. The Balaban J connectivity index is 1.76. The van der Waals surface area contributed by atoms with Crippen molar-refractivity contribution in [2.75, 3.05) is 12.4 Å². The molecule has 128 valence electrons. The second-order valence-electron chi connectivity index (χ2n) is 5.75. The van der Waals surface area contributed by atoms with Crippen LogP contribution in [0.2, 0.25) is 0 Å². The van der Waals surface area contributed by atoms with Crippen LogP contribution in [-0.4, -0.2) is 23.9 Å². The van der Waals surface area contributed by atoms with Crippen molar-refractivity contribution >= 4 is 39.4 Å². The summed E-state index contributed by atoms with van der Waals surface area (Å²) >= 11 is 3.31. The molecule has 0 saturated carbocycles. The Morgan fingerprint density at radius 3 is 2.68 bits per heavy atom. The number of hydrogen-bond donors (Lipinski definition) is 2. The van der Waals surface area contributed by atoms with Crippen molar-refractivity contribution in [1.29, 1.82) is 0 Å². The van der Waals surface area contributed by atoms with E-state index in [1.54, 1.807) is 43.5 Å². The monoisotopic (exact) mass is 401 g/mol. The maximum Gasteiger partial charge on any atom is 0.261 e. The van der Waals surface area contributed by atoms with Gasteiger partial charge in [0.05, 0.1) is 13.5 Å². The van der Waals surface area contributed by atoms with Crippen molar-refractivity contribution in [3.05, 3.63) is 64.1 Å². The second kappa shape index (κ2) is 6.82. The molecule has 2 N–H and O–H groups in total. The summed E-state index contributed by atoms with van der Waals surface area (Å²) in [5.41, 5.74) is -0.112. The highest BCUT2D eigenvalue weighted by Crippen LogP contribution is 2.39. The van der Waals surface area contributed by atoms with Gasteiger partial charge in [-0.2, -0.15) is 0 Å². The average molecular weight is 402 g/mol. The highest BCUT2D eigenvalue weighted by Gasteiger charge is 2.46. The van der Waals surface area contributed by atoms with Crippen molar-refractivity contribution in [1.82, 2.24) is 0 Å². The van der Waals surface area contributed by atoms with Crippen LogP contribution < -0.4 is 10.1 Å². The van der Waals surface area contributed by atoms with Crippen LogP contribution in [0, 0.1) is 0 Å². The molecule has 0 fully saturated rings. The third-order valence-electron chi connectivity index (χ3n) is 4.06. The van der Waals surface area contributed by atoms with Gasteiger partial charge in [0.15, 0.2) is 11.4 Å². The highest BCUT2D eigenvalue weighted by molar-refractivity contribution is 9.10. The Bertz CT molecular complexity index is 860. The van der Waals surface area contributed by atoms with Gasteiger partial charge in [-0.1, -0.05) is 40.2 Å². The smallest absolute Gasteiger partial charge is 0.261 e. The maximum atomic E-state index is 12.3. The van der Waals surface area contributed by atoms with Crippen LogP contribution in [0.5, 0.6) is 5.75 Å². The molecule has 1 aliphatic rings. The number of fused-ring (bicyclic) bond motifs is 1. The number of allylic oxidation sites excluding steroid dienone is 1. The highest BCUT2D eigenvalue weighted by atomic mass is 79.9. The number of halogens is 1. The summed E-state index contributed by atoms with van der Waals surface area (Å²) in [5, 5.41) is 13.4. The van der Waals surface area contributed by atoms with E-state index in [0.717, 1.165) is 15.8 Å². The molecular weight excluding hydrogens is 386 g/mol. The minimum atomic E-state index is -1.85. The molecule has 0 bridgehead atoms. The van der Waals surface area contributed by atoms with Crippen molar-refractivity contribution < 1.29 is 19.4 Å². The van der Waals surface area contributed by atoms with Crippen LogP contribution in [0.15, 0.2) is 53.0 Å². The summed E-state index contributed by atoms with van der Waals surface area (Å²) in [6.07, 6.45) is 2.69. The first-order valence-corrected chi connectivity index (χ1v) is 8.40. The topological polar surface area (TPSA) is 75.6 Å². The van der Waals surface area contributed by atoms with Crippen LogP contribution in [-0.2, 0) is 15.2 Å². The molecule has 1 heterocycles. The SMILES string of the molecule is COc1ccc(/C=C/C(=O)CC2(O)C(=O)Nc3cc(Br)ccc32)cc1. The minimum Gasteiger partial charge on any atom is -0.497 e. The molecule has 0 saturated heterocycles. The lowest BCUT2D eigenvalue weighted by Crippen LogP contribution is -2.36. The Kier molecular flexibility index (Phi) is 4.74. The van der Waals surface area contributed by atoms with E-state index >= 15 is 0 Å². The molecule has 3 rings (SSSR count). The van der Waals surface area contributed by atoms with Crippen LogP contribution in [0.4, 0.5) is 5.69 Å². The van der Waals surface area contributed by atoms with Gasteiger partial charge < -0.3 is 15.2 Å². The van der Waals surface area contributed by atoms with Gasteiger partial charge in [-0.25, -0.2) is 0 Å². The zero-order valence-electron chi connectivity index (χ0n) is 13.5. The zero-order valence-corrected chi connectivity index (χ0v) is 15.0. The number of amides is 1. The van der Waals surface area contributed by atoms with Crippen molar-refractivity contribution in [3.63, 3.8) is 0 Å². The fourth-order valence-electron chi connectivity index (χ4n) is 2.72. The van der Waals surface area contributed by atoms with Crippen LogP contribution in [0.1, 0.15) is 17.5 Å². The van der Waals surface area contributed by atoms with Gasteiger partial charge in [0, 0.05) is 15.7 Å². The molecule has 1 aliphatic heterocycles. The number of ether oxygens (including phenoxy) is 1. The summed E-state index contributed by atoms with van der Waals surface area (Å²) in [6, 6.07) is 12.3. The Labute approximate surface area is 153 Å². The average Bonchev–Trinajstić information content (AvgIpc) is 2.83. The van der Waals surface area contributed by atoms with Gasteiger partial charge in [-0.3, -0.25) is 9.59 Å². The van der Waals surface area contributed by atoms with E-state index in [1.165, 1.54) is 6.08 Å². The molecule has 2 aromatic rings. The fourth-order valence-corrected chi connectivity index (χ4v) is 3.08. The van der Waals surface area contributed by atoms with Gasteiger partial charge in [0.25, 0.3) is 5.91 Å². The Morgan fingerprint density at radius 1 is 1.28 bits per heavy atom. The van der Waals surface area contributed by atoms with Crippen LogP contribution >= 0.6 is 15.9 Å². The van der Waals surface area contributed by atoms with E-state index < -0.39 is 11.5 Å². The van der Waals surface area contributed by atoms with Crippen LogP contribution in [0.3, 0.4) is 0 Å². The van der Waals surface area contributed by atoms with Crippen molar-refractivity contribution in [2.24, 2.45) is 0 Å². The standard InChI is InChI=1S/C19H16BrNO4/c1-25-15-7-3-12(4-8-15)2-6-14(22)11-19(24)16-9-5-13(20)10-17(16)21-18(19)23/h2-10,24H,11H2,1H3,(H,21,23)/b6-2+. The quantitative estimate of drug-likeness (QED) is 0.753. The molecule has 0 aliphatic carbocycles. The Hall–Kier alpha value is -2.44. The van der Waals surface area contributed by atoms with Gasteiger partial charge >= 0.3 is 0 Å². The summed E-state index contributed by atoms with van der Waals surface area (Å²) in [5.74, 6) is -0.209. The molecule has 0 aromatic heterocycles. The number of aliphatic hydroxyl groups is 1. The molecule has 6 heteroatoms. The first kappa shape index (κ1) is 17.4. The molecule has 0 spiro atoms. The third-order valence-corrected chi connectivity index (χ3v) is 4.55. The van der Waals surface area contributed by atoms with E-state index in [1.807, 2.05) is 12.1 Å². The molecule has 25 heavy (non-hydrogen) atoms. The number of carbonyl (C=O) groups excluding carboxylic acids is 2. The van der Waals surface area contributed by atoms with E-state index in [2.05, 4.69) is 21.2 Å². The number of carbonyl (C=O) groups is 2. The molecule has 1 atom stereocenters. The van der Waals surface area contributed by atoms with Gasteiger partial charge in [-0.15, -0.1) is 0 Å². The summed E-state index contributed by atoms with van der Waals surface area (Å²) < 4.78 is 5.86. The third kappa shape index (κ3) is 3.50. The predicted octanol–water partition coefficient (Wildman–Crippen LogP) is 3.27. The zero-order chi connectivity index (χ0) is 18.0. The van der Waals surface area contributed by atoms with Crippen LogP contribution in [0.25, 0.3) is 6.08 Å². The number of benzene rings is 2. The van der Waals surface area contributed by atoms with Crippen molar-refractivity contribution in [3.8, 4) is 5.75 Å². The van der Waals surface area contributed by atoms with E-state index in [9.17, 15) is 14.7 Å². The van der Waals surface area contributed by atoms with E-state index in [-0.39, 0.29) is 12.2 Å². The number of hydrogen-bond acceptors (Lipinski definition) is 4. The van der Waals surface area contributed by atoms with E-state index in [0.29, 0.717) is 11.3 Å². The minimum absolute atomic E-state index is 0.319. The molecule has 0 radical (unpaired) electrons. The van der Waals surface area contributed by atoms with Crippen molar-refractivity contribution in [2.45, 2.75) is 12.0 Å². The lowest BCUT2D eigenvalue weighted by molar-refractivity contribution is -0.138.